The van der Waals surface area contributed by atoms with Crippen molar-refractivity contribution in [3.63, 3.8) is 0 Å². The molecule has 112 valence electrons. The minimum Gasteiger partial charge on any atom is -0.464 e. The van der Waals surface area contributed by atoms with Gasteiger partial charge in [0.25, 0.3) is 5.24 Å². The molecule has 0 aliphatic carbocycles. The van der Waals surface area contributed by atoms with Crippen molar-refractivity contribution in [3.05, 3.63) is 0 Å². The molecule has 1 aliphatic heterocycles. The molecule has 1 rings (SSSR count). The molecule has 20 heavy (non-hydrogen) atoms. The van der Waals surface area contributed by atoms with Crippen LogP contribution in [0.2, 0.25) is 0 Å². The Bertz CT molecular complexity index is 416. The molecule has 2 amide bonds. The lowest BCUT2D eigenvalue weighted by atomic mass is 10.3. The summed E-state index contributed by atoms with van der Waals surface area (Å²) in [4.78, 5) is 45.5. The Morgan fingerprint density at radius 3 is 2.75 bits per heavy atom. The van der Waals surface area contributed by atoms with E-state index in [0.717, 1.165) is 23.5 Å². The van der Waals surface area contributed by atoms with Crippen molar-refractivity contribution >= 4 is 45.8 Å². The zero-order valence-electron chi connectivity index (χ0n) is 11.1. The molecule has 0 radical (unpaired) electrons. The summed E-state index contributed by atoms with van der Waals surface area (Å²) in [6.45, 7) is 3.14. The van der Waals surface area contributed by atoms with Crippen molar-refractivity contribution in [2.45, 2.75) is 25.9 Å². The van der Waals surface area contributed by atoms with E-state index in [9.17, 15) is 19.2 Å². The SMILES string of the molecule is CCOC(=O)[C@H](CSC(=O)[C@@H]1CSC(=O)N1)NC(C)=O. The van der Waals surface area contributed by atoms with Gasteiger partial charge < -0.3 is 15.4 Å². The number of carbonyl (C=O) groups is 4. The van der Waals surface area contributed by atoms with E-state index >= 15 is 0 Å². The van der Waals surface area contributed by atoms with Gasteiger partial charge in [-0.2, -0.15) is 0 Å². The monoisotopic (exact) mass is 320 g/mol. The van der Waals surface area contributed by atoms with Crippen molar-refractivity contribution in [1.82, 2.24) is 10.6 Å². The molecule has 1 aliphatic rings. The number of ether oxygens (including phenoxy) is 1. The van der Waals surface area contributed by atoms with Gasteiger partial charge in [0.15, 0.2) is 0 Å². The number of esters is 1. The zero-order valence-corrected chi connectivity index (χ0v) is 12.8. The van der Waals surface area contributed by atoms with E-state index in [-0.39, 0.29) is 28.6 Å². The van der Waals surface area contributed by atoms with Gasteiger partial charge in [0.05, 0.1) is 6.61 Å². The summed E-state index contributed by atoms with van der Waals surface area (Å²) in [5.74, 6) is -0.489. The van der Waals surface area contributed by atoms with Gasteiger partial charge in [-0.05, 0) is 6.92 Å². The Kier molecular flexibility index (Phi) is 6.86. The van der Waals surface area contributed by atoms with Crippen molar-refractivity contribution in [3.8, 4) is 0 Å². The van der Waals surface area contributed by atoms with E-state index < -0.39 is 18.1 Å². The number of amides is 2. The molecule has 0 saturated carbocycles. The van der Waals surface area contributed by atoms with Crippen LogP contribution in [0.25, 0.3) is 0 Å². The molecule has 0 spiro atoms. The predicted octanol–water partition coefficient (Wildman–Crippen LogP) is 0.139. The summed E-state index contributed by atoms with van der Waals surface area (Å²) >= 11 is 1.94. The van der Waals surface area contributed by atoms with Crippen molar-refractivity contribution in [1.29, 1.82) is 0 Å². The van der Waals surface area contributed by atoms with Crippen LogP contribution < -0.4 is 10.6 Å². The topological polar surface area (TPSA) is 102 Å². The third kappa shape index (κ3) is 5.41. The molecule has 0 aromatic rings. The minimum absolute atomic E-state index is 0.0777. The number of thioether (sulfide) groups is 2. The molecule has 1 heterocycles. The lowest BCUT2D eigenvalue weighted by Crippen LogP contribution is -2.43. The van der Waals surface area contributed by atoms with E-state index in [4.69, 9.17) is 4.74 Å². The first kappa shape index (κ1) is 16.8. The second kappa shape index (κ2) is 8.15. The van der Waals surface area contributed by atoms with Crippen molar-refractivity contribution < 1.29 is 23.9 Å². The highest BCUT2D eigenvalue weighted by Crippen LogP contribution is 2.18. The molecule has 0 aromatic heterocycles. The summed E-state index contributed by atoms with van der Waals surface area (Å²) in [5, 5.41) is 4.50. The first-order chi connectivity index (χ1) is 9.43. The van der Waals surface area contributed by atoms with Gasteiger partial charge in [0.2, 0.25) is 11.0 Å². The Labute approximate surface area is 124 Å². The molecule has 9 heteroatoms. The molecule has 2 N–H and O–H groups in total. The van der Waals surface area contributed by atoms with E-state index in [1.807, 2.05) is 0 Å². The van der Waals surface area contributed by atoms with E-state index in [1.54, 1.807) is 6.92 Å². The normalized spacial score (nSPS) is 19.1. The number of hydrogen-bond acceptors (Lipinski definition) is 7. The van der Waals surface area contributed by atoms with Crippen LogP contribution in [0.1, 0.15) is 13.8 Å². The average Bonchev–Trinajstić information content (AvgIpc) is 2.80. The van der Waals surface area contributed by atoms with Gasteiger partial charge in [-0.1, -0.05) is 23.5 Å². The van der Waals surface area contributed by atoms with Crippen LogP contribution in [-0.4, -0.2) is 52.4 Å². The van der Waals surface area contributed by atoms with Crippen molar-refractivity contribution in [2.75, 3.05) is 18.1 Å². The lowest BCUT2D eigenvalue weighted by Gasteiger charge is -2.16. The molecule has 2 atom stereocenters. The maximum atomic E-state index is 11.8. The van der Waals surface area contributed by atoms with E-state index in [2.05, 4.69) is 10.6 Å². The Morgan fingerprint density at radius 2 is 2.25 bits per heavy atom. The first-order valence-corrected chi connectivity index (χ1v) is 7.94. The first-order valence-electron chi connectivity index (χ1n) is 5.97. The van der Waals surface area contributed by atoms with Gasteiger partial charge >= 0.3 is 5.97 Å². The summed E-state index contributed by atoms with van der Waals surface area (Å²) < 4.78 is 4.83. The van der Waals surface area contributed by atoms with Gasteiger partial charge in [0.1, 0.15) is 12.1 Å². The summed E-state index contributed by atoms with van der Waals surface area (Å²) in [6, 6.07) is -1.41. The standard InChI is InChI=1S/C11H16N2O5S2/c1-3-18-9(15)7(12-6(2)14)4-19-10(16)8-5-20-11(17)13-8/h7-8H,3-5H2,1-2H3,(H,12,14)(H,13,17)/t7-,8-/m0/s1. The van der Waals surface area contributed by atoms with Crippen LogP contribution in [-0.2, 0) is 19.1 Å². The molecular formula is C11H16N2O5S2. The van der Waals surface area contributed by atoms with Crippen LogP contribution in [0.4, 0.5) is 4.79 Å². The molecule has 1 saturated heterocycles. The molecule has 0 bridgehead atoms. The maximum absolute atomic E-state index is 11.8. The predicted molar refractivity (Wildman–Crippen MR) is 76.5 cm³/mol. The average molecular weight is 320 g/mol. The summed E-state index contributed by atoms with van der Waals surface area (Å²) in [5.41, 5.74) is 0. The summed E-state index contributed by atoms with van der Waals surface area (Å²) in [7, 11) is 0. The number of nitrogens with one attached hydrogen (secondary N) is 2. The lowest BCUT2D eigenvalue weighted by molar-refractivity contribution is -0.146. The molecule has 7 nitrogen and oxygen atoms in total. The van der Waals surface area contributed by atoms with Crippen LogP contribution in [0.3, 0.4) is 0 Å². The molecule has 0 aromatic carbocycles. The van der Waals surface area contributed by atoms with Gasteiger partial charge in [0, 0.05) is 18.4 Å². The van der Waals surface area contributed by atoms with Crippen LogP contribution >= 0.6 is 23.5 Å². The van der Waals surface area contributed by atoms with E-state index in [0.29, 0.717) is 5.75 Å². The van der Waals surface area contributed by atoms with Crippen LogP contribution in [0.5, 0.6) is 0 Å². The fourth-order valence-corrected chi connectivity index (χ4v) is 3.21. The highest BCUT2D eigenvalue weighted by atomic mass is 32.2. The highest BCUT2D eigenvalue weighted by molar-refractivity contribution is 8.15. The van der Waals surface area contributed by atoms with Gasteiger partial charge in [-0.15, -0.1) is 0 Å². The fraction of sp³-hybridized carbons (Fsp3) is 0.636. The Balaban J connectivity index is 2.48. The molecule has 0 unspecified atom stereocenters. The van der Waals surface area contributed by atoms with Gasteiger partial charge in [-0.25, -0.2) is 4.79 Å². The number of hydrogen-bond donors (Lipinski definition) is 2. The molecular weight excluding hydrogens is 304 g/mol. The van der Waals surface area contributed by atoms with Crippen molar-refractivity contribution in [2.24, 2.45) is 0 Å². The quantitative estimate of drug-likeness (QED) is 0.671. The number of rotatable bonds is 6. The second-order valence-corrected chi connectivity index (χ2v) is 5.95. The zero-order chi connectivity index (χ0) is 15.1. The van der Waals surface area contributed by atoms with Crippen LogP contribution in [0.15, 0.2) is 0 Å². The third-order valence-corrected chi connectivity index (χ3v) is 4.25. The largest absolute Gasteiger partial charge is 0.464 e. The van der Waals surface area contributed by atoms with Gasteiger partial charge in [-0.3, -0.25) is 14.4 Å². The summed E-state index contributed by atoms with van der Waals surface area (Å²) in [6.07, 6.45) is 0. The Morgan fingerprint density at radius 1 is 1.55 bits per heavy atom. The third-order valence-electron chi connectivity index (χ3n) is 2.30. The minimum atomic E-state index is -0.869. The smallest absolute Gasteiger partial charge is 0.329 e. The number of carbonyl (C=O) groups excluding carboxylic acids is 4. The fourth-order valence-electron chi connectivity index (χ4n) is 1.43. The van der Waals surface area contributed by atoms with E-state index in [1.165, 1.54) is 6.92 Å². The highest BCUT2D eigenvalue weighted by Gasteiger charge is 2.30. The molecule has 1 fully saturated rings. The maximum Gasteiger partial charge on any atom is 0.329 e. The van der Waals surface area contributed by atoms with Crippen LogP contribution in [0, 0.1) is 0 Å². The second-order valence-electron chi connectivity index (χ2n) is 3.93. The Hall–Kier alpha value is -1.22.